The van der Waals surface area contributed by atoms with Gasteiger partial charge in [-0.05, 0) is 68.8 Å². The highest BCUT2D eigenvalue weighted by Gasteiger charge is 2.24. The lowest BCUT2D eigenvalue weighted by atomic mass is 9.97. The minimum atomic E-state index is 0. The zero-order chi connectivity index (χ0) is 16.9. The third kappa shape index (κ3) is 5.95. The molecule has 2 N–H and O–H groups in total. The molecule has 0 saturated carbocycles. The summed E-state index contributed by atoms with van der Waals surface area (Å²) in [5.41, 5.74) is 2.63. The predicted octanol–water partition coefficient (Wildman–Crippen LogP) is 3.26. The molecule has 2 aliphatic rings. The molecule has 0 spiro atoms. The van der Waals surface area contributed by atoms with Gasteiger partial charge in [0.2, 0.25) is 5.91 Å². The fourth-order valence-corrected chi connectivity index (χ4v) is 4.16. The van der Waals surface area contributed by atoms with E-state index in [4.69, 9.17) is 0 Å². The van der Waals surface area contributed by atoms with E-state index in [0.29, 0.717) is 5.92 Å². The Morgan fingerprint density at radius 2 is 2.20 bits per heavy atom. The standard InChI is InChI=1S/C19H28BrN3O.ClH/c1-14-6-7-15(10-17(14)20)12-23-9-3-4-16(13-23)11-22-19(24)18-5-2-8-21-18;/h6-7,10,16,18,21H,2-5,8-9,11-13H2,1H3,(H,22,24);1H. The molecule has 0 bridgehead atoms. The van der Waals surface area contributed by atoms with E-state index >= 15 is 0 Å². The molecule has 1 amide bonds. The molecule has 2 atom stereocenters. The highest BCUT2D eigenvalue weighted by atomic mass is 79.9. The summed E-state index contributed by atoms with van der Waals surface area (Å²) in [7, 11) is 0. The topological polar surface area (TPSA) is 44.4 Å². The van der Waals surface area contributed by atoms with Crippen molar-refractivity contribution in [3.63, 3.8) is 0 Å². The number of carbonyl (C=O) groups excluding carboxylic acids is 1. The number of nitrogens with zero attached hydrogens (tertiary/aromatic N) is 1. The van der Waals surface area contributed by atoms with Gasteiger partial charge in [-0.3, -0.25) is 9.69 Å². The van der Waals surface area contributed by atoms with Crippen molar-refractivity contribution in [2.45, 2.75) is 45.2 Å². The number of carbonyl (C=O) groups is 1. The third-order valence-corrected chi connectivity index (χ3v) is 6.04. The molecular formula is C19H29BrClN3O. The third-order valence-electron chi connectivity index (χ3n) is 5.19. The molecule has 1 aromatic rings. The SMILES string of the molecule is Cc1ccc(CN2CCCC(CNC(=O)C3CCCN3)C2)cc1Br.Cl. The van der Waals surface area contributed by atoms with E-state index in [1.54, 1.807) is 0 Å². The first kappa shape index (κ1) is 20.7. The molecule has 2 unspecified atom stereocenters. The van der Waals surface area contributed by atoms with E-state index < -0.39 is 0 Å². The molecule has 0 aromatic heterocycles. The van der Waals surface area contributed by atoms with Gasteiger partial charge < -0.3 is 10.6 Å². The number of hydrogen-bond donors (Lipinski definition) is 2. The summed E-state index contributed by atoms with van der Waals surface area (Å²) >= 11 is 3.62. The van der Waals surface area contributed by atoms with E-state index in [1.807, 2.05) is 0 Å². The van der Waals surface area contributed by atoms with Crippen molar-refractivity contribution in [3.8, 4) is 0 Å². The van der Waals surface area contributed by atoms with Crippen LogP contribution in [-0.4, -0.2) is 43.0 Å². The Bertz CT molecular complexity index is 578. The van der Waals surface area contributed by atoms with Gasteiger partial charge in [0.1, 0.15) is 0 Å². The number of piperidine rings is 1. The Kier molecular flexibility index (Phi) is 8.20. The van der Waals surface area contributed by atoms with Crippen molar-refractivity contribution >= 4 is 34.2 Å². The van der Waals surface area contributed by atoms with Gasteiger partial charge in [0, 0.05) is 24.1 Å². The van der Waals surface area contributed by atoms with Crippen molar-refractivity contribution in [2.24, 2.45) is 5.92 Å². The summed E-state index contributed by atoms with van der Waals surface area (Å²) < 4.78 is 1.19. The second-order valence-corrected chi connectivity index (χ2v) is 8.08. The van der Waals surface area contributed by atoms with Crippen LogP contribution in [-0.2, 0) is 11.3 Å². The maximum Gasteiger partial charge on any atom is 0.237 e. The van der Waals surface area contributed by atoms with Crippen molar-refractivity contribution in [2.75, 3.05) is 26.2 Å². The fourth-order valence-electron chi connectivity index (χ4n) is 3.73. The summed E-state index contributed by atoms with van der Waals surface area (Å²) in [6.07, 6.45) is 4.52. The Labute approximate surface area is 165 Å². The maximum atomic E-state index is 12.1. The minimum Gasteiger partial charge on any atom is -0.354 e. The van der Waals surface area contributed by atoms with Gasteiger partial charge in [-0.25, -0.2) is 0 Å². The smallest absolute Gasteiger partial charge is 0.237 e. The molecule has 1 aromatic carbocycles. The maximum absolute atomic E-state index is 12.1. The van der Waals surface area contributed by atoms with Gasteiger partial charge in [-0.1, -0.05) is 28.1 Å². The van der Waals surface area contributed by atoms with Crippen LogP contribution in [0.3, 0.4) is 0 Å². The number of rotatable bonds is 5. The Balaban J connectivity index is 0.00000225. The van der Waals surface area contributed by atoms with E-state index in [-0.39, 0.29) is 24.4 Å². The number of aryl methyl sites for hydroxylation is 1. The Morgan fingerprint density at radius 1 is 1.36 bits per heavy atom. The molecule has 4 nitrogen and oxygen atoms in total. The number of likely N-dealkylation sites (tertiary alicyclic amines) is 1. The summed E-state index contributed by atoms with van der Waals surface area (Å²) in [5.74, 6) is 0.755. The van der Waals surface area contributed by atoms with Gasteiger partial charge in [-0.2, -0.15) is 0 Å². The molecule has 2 fully saturated rings. The summed E-state index contributed by atoms with van der Waals surface area (Å²) in [6.45, 7) is 7.12. The van der Waals surface area contributed by atoms with E-state index in [2.05, 4.69) is 56.6 Å². The Morgan fingerprint density at radius 3 is 2.92 bits per heavy atom. The lowest BCUT2D eigenvalue weighted by Gasteiger charge is -2.33. The molecule has 2 aliphatic heterocycles. The predicted molar refractivity (Wildman–Crippen MR) is 108 cm³/mol. The van der Waals surface area contributed by atoms with E-state index in [1.165, 1.54) is 28.4 Å². The van der Waals surface area contributed by atoms with Gasteiger partial charge in [0.25, 0.3) is 0 Å². The van der Waals surface area contributed by atoms with Gasteiger partial charge >= 0.3 is 0 Å². The normalized spacial score (nSPS) is 23.9. The highest BCUT2D eigenvalue weighted by molar-refractivity contribution is 9.10. The second-order valence-electron chi connectivity index (χ2n) is 7.22. The number of halogens is 2. The van der Waals surface area contributed by atoms with Crippen molar-refractivity contribution in [3.05, 3.63) is 33.8 Å². The zero-order valence-corrected chi connectivity index (χ0v) is 17.3. The largest absolute Gasteiger partial charge is 0.354 e. The van der Waals surface area contributed by atoms with Crippen molar-refractivity contribution in [1.82, 2.24) is 15.5 Å². The van der Waals surface area contributed by atoms with Crippen LogP contribution in [0.25, 0.3) is 0 Å². The quantitative estimate of drug-likeness (QED) is 0.753. The molecule has 2 heterocycles. The lowest BCUT2D eigenvalue weighted by Crippen LogP contribution is -2.45. The first-order valence-corrected chi connectivity index (χ1v) is 9.89. The van der Waals surface area contributed by atoms with E-state index in [9.17, 15) is 4.79 Å². The van der Waals surface area contributed by atoms with Crippen molar-refractivity contribution in [1.29, 1.82) is 0 Å². The number of nitrogens with one attached hydrogen (secondary N) is 2. The van der Waals surface area contributed by atoms with Crippen LogP contribution in [0, 0.1) is 12.8 Å². The first-order chi connectivity index (χ1) is 11.6. The van der Waals surface area contributed by atoms with Crippen molar-refractivity contribution < 1.29 is 4.79 Å². The molecule has 0 radical (unpaired) electrons. The van der Waals surface area contributed by atoms with Crippen LogP contribution in [0.5, 0.6) is 0 Å². The lowest BCUT2D eigenvalue weighted by molar-refractivity contribution is -0.123. The molecule has 3 rings (SSSR count). The van der Waals surface area contributed by atoms with E-state index in [0.717, 1.165) is 45.6 Å². The number of benzene rings is 1. The average Bonchev–Trinajstić information content (AvgIpc) is 3.11. The summed E-state index contributed by atoms with van der Waals surface area (Å²) in [5, 5.41) is 6.43. The zero-order valence-electron chi connectivity index (χ0n) is 14.9. The number of hydrogen-bond acceptors (Lipinski definition) is 3. The number of amides is 1. The molecule has 2 saturated heterocycles. The van der Waals surface area contributed by atoms with Gasteiger partial charge in [-0.15, -0.1) is 12.4 Å². The van der Waals surface area contributed by atoms with Gasteiger partial charge in [0.15, 0.2) is 0 Å². The highest BCUT2D eigenvalue weighted by Crippen LogP contribution is 2.22. The van der Waals surface area contributed by atoms with Crippen LogP contribution in [0.4, 0.5) is 0 Å². The summed E-state index contributed by atoms with van der Waals surface area (Å²) in [6, 6.07) is 6.66. The fraction of sp³-hybridized carbons (Fsp3) is 0.632. The average molecular weight is 431 g/mol. The molecule has 25 heavy (non-hydrogen) atoms. The molecular weight excluding hydrogens is 402 g/mol. The van der Waals surface area contributed by atoms with Crippen LogP contribution < -0.4 is 10.6 Å². The van der Waals surface area contributed by atoms with Crippen LogP contribution in [0.1, 0.15) is 36.8 Å². The molecule has 140 valence electrons. The molecule has 6 heteroatoms. The van der Waals surface area contributed by atoms with Crippen LogP contribution >= 0.6 is 28.3 Å². The van der Waals surface area contributed by atoms with Crippen LogP contribution in [0.15, 0.2) is 22.7 Å². The monoisotopic (exact) mass is 429 g/mol. The summed E-state index contributed by atoms with van der Waals surface area (Å²) in [4.78, 5) is 14.7. The second kappa shape index (κ2) is 9.91. The molecule has 0 aliphatic carbocycles. The Hall–Kier alpha value is -0.620. The van der Waals surface area contributed by atoms with Gasteiger partial charge in [0.05, 0.1) is 6.04 Å². The first-order valence-electron chi connectivity index (χ1n) is 9.10. The minimum absolute atomic E-state index is 0. The van der Waals surface area contributed by atoms with Crippen LogP contribution in [0.2, 0.25) is 0 Å².